The van der Waals surface area contributed by atoms with Crippen LogP contribution in [0.25, 0.3) is 0 Å². The fourth-order valence-electron chi connectivity index (χ4n) is 1.41. The molecule has 2 rings (SSSR count). The molecule has 0 amide bonds. The third-order valence-corrected chi connectivity index (χ3v) is 5.39. The molecule has 0 aromatic carbocycles. The van der Waals surface area contributed by atoms with E-state index in [9.17, 15) is 8.42 Å². The molecule has 2 heterocycles. The highest BCUT2D eigenvalue weighted by Gasteiger charge is 2.23. The second-order valence-corrected chi connectivity index (χ2v) is 7.01. The van der Waals surface area contributed by atoms with Gasteiger partial charge in [-0.2, -0.15) is 0 Å². The predicted molar refractivity (Wildman–Crippen MR) is 76.8 cm³/mol. The maximum Gasteiger partial charge on any atom is 0.268 e. The van der Waals surface area contributed by atoms with Gasteiger partial charge >= 0.3 is 0 Å². The minimum absolute atomic E-state index is 0.0607. The van der Waals surface area contributed by atoms with E-state index in [0.717, 1.165) is 5.69 Å². The average molecular weight is 366 g/mol. The van der Waals surface area contributed by atoms with Crippen molar-refractivity contribution in [3.63, 3.8) is 0 Å². The van der Waals surface area contributed by atoms with Gasteiger partial charge in [-0.1, -0.05) is 0 Å². The quantitative estimate of drug-likeness (QED) is 0.849. The van der Waals surface area contributed by atoms with Crippen molar-refractivity contribution in [3.8, 4) is 0 Å². The molecule has 2 aromatic rings. The van der Waals surface area contributed by atoms with Gasteiger partial charge in [-0.15, -0.1) is 11.3 Å². The molecule has 2 N–H and O–H groups in total. The number of rotatable bonds is 5. The van der Waals surface area contributed by atoms with Crippen LogP contribution in [0.3, 0.4) is 0 Å². The zero-order valence-electron chi connectivity index (χ0n) is 10.2. The summed E-state index contributed by atoms with van der Waals surface area (Å²) in [4.78, 5) is 4.12. The zero-order valence-corrected chi connectivity index (χ0v) is 13.4. The first-order valence-corrected chi connectivity index (χ1v) is 8.45. The molecule has 0 fully saturated rings. The Morgan fingerprint density at radius 2 is 2.26 bits per heavy atom. The Balaban J connectivity index is 2.28. The Bertz CT molecular complexity index is 678. The molecule has 0 aliphatic heterocycles. The molecule has 2 aromatic heterocycles. The summed E-state index contributed by atoms with van der Waals surface area (Å²) in [6.07, 6.45) is 0. The standard InChI is InChI=1S/C10H12BrN3O3S2/c1-6-5-18-10(13-6)14-19(15,16)8-3-7(4-12-2)17-9(8)11/h3,5,12H,4H2,1-2H3,(H,13,14). The lowest BCUT2D eigenvalue weighted by molar-refractivity contribution is 0.470. The van der Waals surface area contributed by atoms with E-state index in [1.54, 1.807) is 19.4 Å². The van der Waals surface area contributed by atoms with E-state index in [0.29, 0.717) is 17.4 Å². The Morgan fingerprint density at radius 3 is 2.84 bits per heavy atom. The molecule has 0 bridgehead atoms. The van der Waals surface area contributed by atoms with Crippen molar-refractivity contribution >= 4 is 42.4 Å². The molecule has 9 heteroatoms. The van der Waals surface area contributed by atoms with Crippen LogP contribution in [0.15, 0.2) is 25.4 Å². The van der Waals surface area contributed by atoms with Crippen molar-refractivity contribution in [2.75, 3.05) is 11.8 Å². The molecule has 0 atom stereocenters. The predicted octanol–water partition coefficient (Wildman–Crippen LogP) is 2.33. The van der Waals surface area contributed by atoms with Crippen LogP contribution in [0.5, 0.6) is 0 Å². The normalized spacial score (nSPS) is 11.7. The summed E-state index contributed by atoms with van der Waals surface area (Å²) < 4.78 is 32.3. The number of aromatic nitrogens is 1. The van der Waals surface area contributed by atoms with Crippen LogP contribution in [0.4, 0.5) is 5.13 Å². The highest BCUT2D eigenvalue weighted by molar-refractivity contribution is 9.10. The maximum atomic E-state index is 12.2. The van der Waals surface area contributed by atoms with Crippen molar-refractivity contribution in [2.24, 2.45) is 0 Å². The lowest BCUT2D eigenvalue weighted by Gasteiger charge is -2.02. The number of anilines is 1. The van der Waals surface area contributed by atoms with E-state index in [1.165, 1.54) is 17.4 Å². The molecule has 0 radical (unpaired) electrons. The second-order valence-electron chi connectivity index (χ2n) is 3.78. The number of halogens is 1. The molecule has 0 spiro atoms. The molecule has 0 saturated carbocycles. The van der Waals surface area contributed by atoms with Crippen LogP contribution < -0.4 is 10.0 Å². The van der Waals surface area contributed by atoms with E-state index < -0.39 is 10.0 Å². The number of nitrogens with zero attached hydrogens (tertiary/aromatic N) is 1. The van der Waals surface area contributed by atoms with Crippen LogP contribution >= 0.6 is 27.3 Å². The van der Waals surface area contributed by atoms with Gasteiger partial charge in [0.2, 0.25) is 0 Å². The van der Waals surface area contributed by atoms with E-state index >= 15 is 0 Å². The smallest absolute Gasteiger partial charge is 0.268 e. The first kappa shape index (κ1) is 14.5. The van der Waals surface area contributed by atoms with Crippen LogP contribution in [0, 0.1) is 6.92 Å². The highest BCUT2D eigenvalue weighted by Crippen LogP contribution is 2.28. The maximum absolute atomic E-state index is 12.2. The Kier molecular flexibility index (Phi) is 4.29. The van der Waals surface area contributed by atoms with Crippen molar-refractivity contribution < 1.29 is 12.8 Å². The number of hydrogen-bond donors (Lipinski definition) is 2. The van der Waals surface area contributed by atoms with Crippen LogP contribution in [0.1, 0.15) is 11.5 Å². The minimum atomic E-state index is -3.70. The SMILES string of the molecule is CNCc1cc(S(=O)(=O)Nc2nc(C)cs2)c(Br)o1. The van der Waals surface area contributed by atoms with Gasteiger partial charge in [0, 0.05) is 11.4 Å². The fourth-order valence-corrected chi connectivity index (χ4v) is 4.35. The minimum Gasteiger partial charge on any atom is -0.451 e. The van der Waals surface area contributed by atoms with Gasteiger partial charge in [0.25, 0.3) is 10.0 Å². The van der Waals surface area contributed by atoms with E-state index in [2.05, 4.69) is 31.0 Å². The number of aryl methyl sites for hydroxylation is 1. The van der Waals surface area contributed by atoms with Crippen LogP contribution in [0.2, 0.25) is 0 Å². The summed E-state index contributed by atoms with van der Waals surface area (Å²) in [6.45, 7) is 2.25. The monoisotopic (exact) mass is 365 g/mol. The lowest BCUT2D eigenvalue weighted by Crippen LogP contribution is -2.12. The van der Waals surface area contributed by atoms with Crippen molar-refractivity contribution in [1.82, 2.24) is 10.3 Å². The average Bonchev–Trinajstić information content (AvgIpc) is 2.86. The Hall–Kier alpha value is -0.900. The fraction of sp³-hybridized carbons (Fsp3) is 0.300. The Labute approximate surface area is 123 Å². The van der Waals surface area contributed by atoms with Gasteiger partial charge in [-0.25, -0.2) is 13.4 Å². The third-order valence-electron chi connectivity index (χ3n) is 2.19. The van der Waals surface area contributed by atoms with E-state index in [1.807, 2.05) is 0 Å². The first-order valence-electron chi connectivity index (χ1n) is 5.30. The molecule has 19 heavy (non-hydrogen) atoms. The molecular weight excluding hydrogens is 354 g/mol. The van der Waals surface area contributed by atoms with Gasteiger partial charge in [0.1, 0.15) is 10.7 Å². The number of sulfonamides is 1. The molecule has 0 aliphatic carbocycles. The number of hydrogen-bond acceptors (Lipinski definition) is 6. The number of nitrogens with one attached hydrogen (secondary N) is 2. The van der Waals surface area contributed by atoms with Crippen LogP contribution in [-0.4, -0.2) is 20.4 Å². The topological polar surface area (TPSA) is 84.2 Å². The van der Waals surface area contributed by atoms with Crippen molar-refractivity contribution in [2.45, 2.75) is 18.4 Å². The van der Waals surface area contributed by atoms with Crippen molar-refractivity contribution in [3.05, 3.63) is 27.6 Å². The molecular formula is C10H12BrN3O3S2. The largest absolute Gasteiger partial charge is 0.451 e. The van der Waals surface area contributed by atoms with Gasteiger partial charge in [0.05, 0.1) is 12.2 Å². The summed E-state index contributed by atoms with van der Waals surface area (Å²) in [7, 11) is -1.95. The van der Waals surface area contributed by atoms with E-state index in [-0.39, 0.29) is 9.56 Å². The summed E-state index contributed by atoms with van der Waals surface area (Å²) in [6, 6.07) is 1.48. The molecule has 0 saturated heterocycles. The first-order chi connectivity index (χ1) is 8.92. The summed E-state index contributed by atoms with van der Waals surface area (Å²) >= 11 is 4.35. The summed E-state index contributed by atoms with van der Waals surface area (Å²) in [5.41, 5.74) is 0.768. The molecule has 0 unspecified atom stereocenters. The summed E-state index contributed by atoms with van der Waals surface area (Å²) in [5, 5.41) is 5.00. The molecule has 104 valence electrons. The number of thiazole rings is 1. The lowest BCUT2D eigenvalue weighted by atomic mass is 10.4. The molecule has 0 aliphatic rings. The summed E-state index contributed by atoms with van der Waals surface area (Å²) in [5.74, 6) is 0.532. The molecule has 6 nitrogen and oxygen atoms in total. The van der Waals surface area contributed by atoms with Crippen LogP contribution in [-0.2, 0) is 16.6 Å². The van der Waals surface area contributed by atoms with Gasteiger partial charge in [-0.05, 0) is 29.9 Å². The Morgan fingerprint density at radius 1 is 1.53 bits per heavy atom. The third kappa shape index (κ3) is 3.35. The van der Waals surface area contributed by atoms with Gasteiger partial charge < -0.3 is 9.73 Å². The van der Waals surface area contributed by atoms with Gasteiger partial charge in [-0.3, -0.25) is 4.72 Å². The highest BCUT2D eigenvalue weighted by atomic mass is 79.9. The van der Waals surface area contributed by atoms with Gasteiger partial charge in [0.15, 0.2) is 9.80 Å². The van der Waals surface area contributed by atoms with E-state index in [4.69, 9.17) is 4.42 Å². The van der Waals surface area contributed by atoms with Crippen molar-refractivity contribution in [1.29, 1.82) is 0 Å². The second kappa shape index (κ2) is 5.61. The number of furan rings is 1. The zero-order chi connectivity index (χ0) is 14.0.